The zero-order valence-corrected chi connectivity index (χ0v) is 8.94. The first-order valence-electron chi connectivity index (χ1n) is 4.68. The van der Waals surface area contributed by atoms with Crippen molar-refractivity contribution in [3.63, 3.8) is 0 Å². The van der Waals surface area contributed by atoms with Crippen molar-refractivity contribution in [1.82, 2.24) is 4.90 Å². The van der Waals surface area contributed by atoms with E-state index in [0.717, 1.165) is 5.92 Å². The van der Waals surface area contributed by atoms with E-state index in [4.69, 9.17) is 0 Å². The van der Waals surface area contributed by atoms with E-state index in [1.165, 1.54) is 13.1 Å². The second-order valence-corrected chi connectivity index (χ2v) is 4.28. The van der Waals surface area contributed by atoms with Gasteiger partial charge in [-0.2, -0.15) is 0 Å². The van der Waals surface area contributed by atoms with E-state index in [1.807, 2.05) is 13.8 Å². The van der Waals surface area contributed by atoms with Gasteiger partial charge < -0.3 is 4.90 Å². The summed E-state index contributed by atoms with van der Waals surface area (Å²) in [5.41, 5.74) is 0.534. The van der Waals surface area contributed by atoms with Gasteiger partial charge in [-0.25, -0.2) is 0 Å². The molecule has 1 aliphatic heterocycles. The van der Waals surface area contributed by atoms with E-state index in [1.54, 1.807) is 0 Å². The standard InChI is InChI=1S/C8H17N.C2H6/c1-8(2,3)7-5-9(4)6-7;1-2/h7H,5-6H2,1-4H3;1-2H3. The molecule has 0 aliphatic carbocycles. The van der Waals surface area contributed by atoms with Gasteiger partial charge in [0.15, 0.2) is 0 Å². The Balaban J connectivity index is 0.000000461. The summed E-state index contributed by atoms with van der Waals surface area (Å²) in [6.07, 6.45) is 0. The Morgan fingerprint density at radius 3 is 1.55 bits per heavy atom. The van der Waals surface area contributed by atoms with E-state index in [2.05, 4.69) is 32.7 Å². The second-order valence-electron chi connectivity index (χ2n) is 4.28. The lowest BCUT2D eigenvalue weighted by Gasteiger charge is -2.44. The van der Waals surface area contributed by atoms with Gasteiger partial charge in [0.05, 0.1) is 0 Å². The van der Waals surface area contributed by atoms with Crippen LogP contribution in [0.1, 0.15) is 34.6 Å². The normalized spacial score (nSPS) is 20.2. The summed E-state index contributed by atoms with van der Waals surface area (Å²) in [6.45, 7) is 13.6. The zero-order valence-electron chi connectivity index (χ0n) is 8.94. The first kappa shape index (κ1) is 11.0. The summed E-state index contributed by atoms with van der Waals surface area (Å²) in [4.78, 5) is 2.37. The van der Waals surface area contributed by atoms with Gasteiger partial charge in [-0.1, -0.05) is 34.6 Å². The first-order chi connectivity index (χ1) is 5.00. The van der Waals surface area contributed by atoms with Crippen molar-refractivity contribution in [2.75, 3.05) is 20.1 Å². The zero-order chi connectivity index (χ0) is 9.07. The van der Waals surface area contributed by atoms with Crippen LogP contribution in [-0.2, 0) is 0 Å². The molecular formula is C10H23N. The number of rotatable bonds is 0. The third-order valence-corrected chi connectivity index (χ3v) is 2.29. The van der Waals surface area contributed by atoms with Crippen molar-refractivity contribution in [3.8, 4) is 0 Å². The SMILES string of the molecule is CC.CN1CC(C(C)(C)C)C1. The van der Waals surface area contributed by atoms with Crippen LogP contribution < -0.4 is 0 Å². The van der Waals surface area contributed by atoms with Crippen LogP contribution in [0, 0.1) is 11.3 Å². The molecule has 0 aromatic rings. The van der Waals surface area contributed by atoms with Gasteiger partial charge in [0.2, 0.25) is 0 Å². The van der Waals surface area contributed by atoms with Crippen LogP contribution in [0.3, 0.4) is 0 Å². The molecule has 1 rings (SSSR count). The van der Waals surface area contributed by atoms with Crippen molar-refractivity contribution in [1.29, 1.82) is 0 Å². The Morgan fingerprint density at radius 2 is 1.45 bits per heavy atom. The summed E-state index contributed by atoms with van der Waals surface area (Å²) in [5, 5.41) is 0. The molecule has 0 aromatic heterocycles. The fourth-order valence-electron chi connectivity index (χ4n) is 1.25. The highest BCUT2D eigenvalue weighted by atomic mass is 15.2. The molecule has 1 heterocycles. The average Bonchev–Trinajstić information content (AvgIpc) is 1.84. The molecule has 0 aromatic carbocycles. The molecule has 1 aliphatic rings. The van der Waals surface area contributed by atoms with Crippen LogP contribution in [-0.4, -0.2) is 25.0 Å². The molecule has 68 valence electrons. The number of likely N-dealkylation sites (tertiary alicyclic amines) is 1. The lowest BCUT2D eigenvalue weighted by Crippen LogP contribution is -2.49. The van der Waals surface area contributed by atoms with Crippen LogP contribution in [0.4, 0.5) is 0 Å². The van der Waals surface area contributed by atoms with Crippen molar-refractivity contribution in [2.24, 2.45) is 11.3 Å². The monoisotopic (exact) mass is 157 g/mol. The molecule has 0 radical (unpaired) electrons. The molecule has 0 saturated carbocycles. The van der Waals surface area contributed by atoms with Gasteiger partial charge in [-0.05, 0) is 18.4 Å². The second kappa shape index (κ2) is 4.10. The van der Waals surface area contributed by atoms with E-state index in [-0.39, 0.29) is 0 Å². The van der Waals surface area contributed by atoms with Crippen molar-refractivity contribution in [2.45, 2.75) is 34.6 Å². The van der Waals surface area contributed by atoms with Crippen molar-refractivity contribution < 1.29 is 0 Å². The van der Waals surface area contributed by atoms with Gasteiger partial charge >= 0.3 is 0 Å². The van der Waals surface area contributed by atoms with E-state index < -0.39 is 0 Å². The van der Waals surface area contributed by atoms with E-state index in [0.29, 0.717) is 5.41 Å². The van der Waals surface area contributed by atoms with Crippen LogP contribution in [0.2, 0.25) is 0 Å². The van der Waals surface area contributed by atoms with Crippen LogP contribution in [0.15, 0.2) is 0 Å². The summed E-state index contributed by atoms with van der Waals surface area (Å²) in [7, 11) is 2.18. The number of hydrogen-bond acceptors (Lipinski definition) is 1. The largest absolute Gasteiger partial charge is 0.306 e. The summed E-state index contributed by atoms with van der Waals surface area (Å²) in [6, 6.07) is 0. The summed E-state index contributed by atoms with van der Waals surface area (Å²) < 4.78 is 0. The Bertz CT molecular complexity index is 95.9. The molecular weight excluding hydrogens is 134 g/mol. The lowest BCUT2D eigenvalue weighted by atomic mass is 9.76. The molecule has 11 heavy (non-hydrogen) atoms. The van der Waals surface area contributed by atoms with Crippen LogP contribution >= 0.6 is 0 Å². The Labute approximate surface area is 71.8 Å². The molecule has 1 fully saturated rings. The minimum Gasteiger partial charge on any atom is -0.306 e. The van der Waals surface area contributed by atoms with E-state index in [9.17, 15) is 0 Å². The van der Waals surface area contributed by atoms with Crippen molar-refractivity contribution in [3.05, 3.63) is 0 Å². The molecule has 0 atom stereocenters. The Morgan fingerprint density at radius 1 is 1.09 bits per heavy atom. The third kappa shape index (κ3) is 3.24. The third-order valence-electron chi connectivity index (χ3n) is 2.29. The smallest absolute Gasteiger partial charge is 0.00240 e. The Kier molecular flexibility index (Phi) is 4.09. The van der Waals surface area contributed by atoms with Crippen molar-refractivity contribution >= 4 is 0 Å². The molecule has 0 unspecified atom stereocenters. The highest BCUT2D eigenvalue weighted by Crippen LogP contribution is 2.32. The van der Waals surface area contributed by atoms with Crippen LogP contribution in [0.5, 0.6) is 0 Å². The lowest BCUT2D eigenvalue weighted by molar-refractivity contribution is 0.0459. The quantitative estimate of drug-likeness (QED) is 0.522. The first-order valence-corrected chi connectivity index (χ1v) is 4.68. The molecule has 0 spiro atoms. The topological polar surface area (TPSA) is 3.24 Å². The molecule has 0 N–H and O–H groups in total. The molecule has 1 heteroatoms. The van der Waals surface area contributed by atoms with Crippen LogP contribution in [0.25, 0.3) is 0 Å². The molecule has 0 bridgehead atoms. The van der Waals surface area contributed by atoms with Gasteiger partial charge in [0.1, 0.15) is 0 Å². The van der Waals surface area contributed by atoms with Gasteiger partial charge in [-0.15, -0.1) is 0 Å². The highest BCUT2D eigenvalue weighted by molar-refractivity contribution is 4.85. The average molecular weight is 157 g/mol. The predicted octanol–water partition coefficient (Wildman–Crippen LogP) is 2.62. The molecule has 1 nitrogen and oxygen atoms in total. The highest BCUT2D eigenvalue weighted by Gasteiger charge is 2.33. The Hall–Kier alpha value is -0.0400. The minimum atomic E-state index is 0.534. The predicted molar refractivity (Wildman–Crippen MR) is 51.8 cm³/mol. The summed E-state index contributed by atoms with van der Waals surface area (Å²) in [5.74, 6) is 0.933. The summed E-state index contributed by atoms with van der Waals surface area (Å²) >= 11 is 0. The fourth-order valence-corrected chi connectivity index (χ4v) is 1.25. The van der Waals surface area contributed by atoms with Gasteiger partial charge in [-0.3, -0.25) is 0 Å². The maximum Gasteiger partial charge on any atom is 0.00240 e. The van der Waals surface area contributed by atoms with Gasteiger partial charge in [0.25, 0.3) is 0 Å². The fraction of sp³-hybridized carbons (Fsp3) is 1.00. The molecule has 1 saturated heterocycles. The maximum absolute atomic E-state index is 2.37. The number of nitrogens with zero attached hydrogens (tertiary/aromatic N) is 1. The maximum atomic E-state index is 2.37. The van der Waals surface area contributed by atoms with E-state index >= 15 is 0 Å². The van der Waals surface area contributed by atoms with Gasteiger partial charge in [0, 0.05) is 13.1 Å². The minimum absolute atomic E-state index is 0.534. The molecule has 0 amide bonds. The number of hydrogen-bond donors (Lipinski definition) is 0.